The molecule has 20 heavy (non-hydrogen) atoms. The first-order valence-electron chi connectivity index (χ1n) is 6.30. The van der Waals surface area contributed by atoms with Gasteiger partial charge in [-0.2, -0.15) is 4.98 Å². The summed E-state index contributed by atoms with van der Waals surface area (Å²) in [7, 11) is 1.32. The summed E-state index contributed by atoms with van der Waals surface area (Å²) >= 11 is 0. The number of aromatic nitrogens is 5. The van der Waals surface area contributed by atoms with E-state index >= 15 is 0 Å². The molecule has 1 fully saturated rings. The standard InChI is InChI=1S/C11H14N6O3/c1-19-11(18)9-10(7-3-2-4-12-7)17(16-15-9)5-8-13-6-14-20-8/h6-7,12H,2-5H2,1H3. The molecule has 3 heterocycles. The number of ether oxygens (including phenoxy) is 1. The molecule has 0 saturated carbocycles. The Labute approximate surface area is 114 Å². The van der Waals surface area contributed by atoms with Crippen LogP contribution in [0.5, 0.6) is 0 Å². The zero-order chi connectivity index (χ0) is 13.9. The number of carbonyl (C=O) groups is 1. The van der Waals surface area contributed by atoms with E-state index in [0.717, 1.165) is 19.4 Å². The Balaban J connectivity index is 1.96. The molecule has 1 saturated heterocycles. The summed E-state index contributed by atoms with van der Waals surface area (Å²) in [6.45, 7) is 1.18. The van der Waals surface area contributed by atoms with Gasteiger partial charge in [-0.1, -0.05) is 10.4 Å². The Bertz CT molecular complexity index is 587. The highest BCUT2D eigenvalue weighted by Gasteiger charge is 2.29. The second-order valence-corrected chi connectivity index (χ2v) is 4.46. The number of hydrogen-bond donors (Lipinski definition) is 1. The van der Waals surface area contributed by atoms with Crippen molar-refractivity contribution in [2.45, 2.75) is 25.4 Å². The van der Waals surface area contributed by atoms with Gasteiger partial charge in [0.25, 0.3) is 0 Å². The van der Waals surface area contributed by atoms with Crippen LogP contribution in [0, 0.1) is 0 Å². The van der Waals surface area contributed by atoms with Gasteiger partial charge in [0, 0.05) is 0 Å². The smallest absolute Gasteiger partial charge is 0.360 e. The molecule has 0 radical (unpaired) electrons. The van der Waals surface area contributed by atoms with E-state index in [1.54, 1.807) is 4.68 Å². The maximum absolute atomic E-state index is 11.8. The predicted octanol–water partition coefficient (Wildman–Crippen LogP) is -0.0795. The summed E-state index contributed by atoms with van der Waals surface area (Å²) in [6, 6.07) is 0.0296. The molecule has 2 aromatic heterocycles. The monoisotopic (exact) mass is 278 g/mol. The van der Waals surface area contributed by atoms with E-state index in [-0.39, 0.29) is 18.3 Å². The minimum Gasteiger partial charge on any atom is -0.464 e. The fraction of sp³-hybridized carbons (Fsp3) is 0.545. The van der Waals surface area contributed by atoms with Crippen LogP contribution < -0.4 is 5.32 Å². The van der Waals surface area contributed by atoms with Crippen molar-refractivity contribution >= 4 is 5.97 Å². The summed E-state index contributed by atoms with van der Waals surface area (Å²) < 4.78 is 11.3. The van der Waals surface area contributed by atoms with E-state index in [1.165, 1.54) is 13.4 Å². The molecule has 1 aliphatic rings. The van der Waals surface area contributed by atoms with Gasteiger partial charge in [0.1, 0.15) is 6.54 Å². The van der Waals surface area contributed by atoms with Gasteiger partial charge in [-0.15, -0.1) is 5.10 Å². The molecule has 9 nitrogen and oxygen atoms in total. The van der Waals surface area contributed by atoms with Crippen molar-refractivity contribution in [2.75, 3.05) is 13.7 Å². The molecule has 0 aliphatic carbocycles. The van der Waals surface area contributed by atoms with Gasteiger partial charge < -0.3 is 14.6 Å². The van der Waals surface area contributed by atoms with Gasteiger partial charge in [0.15, 0.2) is 12.0 Å². The number of carbonyl (C=O) groups excluding carboxylic acids is 1. The number of rotatable bonds is 4. The third-order valence-corrected chi connectivity index (χ3v) is 3.23. The summed E-state index contributed by atoms with van der Waals surface area (Å²) in [5.74, 6) is -0.0870. The lowest BCUT2D eigenvalue weighted by Gasteiger charge is -2.12. The van der Waals surface area contributed by atoms with E-state index in [0.29, 0.717) is 11.6 Å². The first-order chi connectivity index (χ1) is 9.79. The average molecular weight is 278 g/mol. The third kappa shape index (κ3) is 2.27. The Morgan fingerprint density at radius 2 is 2.55 bits per heavy atom. The molecule has 9 heteroatoms. The first kappa shape index (κ1) is 12.7. The van der Waals surface area contributed by atoms with E-state index in [2.05, 4.69) is 25.8 Å². The fourth-order valence-electron chi connectivity index (χ4n) is 2.34. The predicted molar refractivity (Wildman–Crippen MR) is 64.7 cm³/mol. The van der Waals surface area contributed by atoms with E-state index < -0.39 is 5.97 Å². The van der Waals surface area contributed by atoms with Crippen LogP contribution in [0.1, 0.15) is 41.0 Å². The quantitative estimate of drug-likeness (QED) is 0.774. The Hall–Kier alpha value is -2.29. The lowest BCUT2D eigenvalue weighted by atomic mass is 10.1. The minimum absolute atomic E-state index is 0.0296. The van der Waals surface area contributed by atoms with Gasteiger partial charge >= 0.3 is 5.97 Å². The lowest BCUT2D eigenvalue weighted by Crippen LogP contribution is -2.21. The largest absolute Gasteiger partial charge is 0.464 e. The van der Waals surface area contributed by atoms with Crippen molar-refractivity contribution < 1.29 is 14.1 Å². The van der Waals surface area contributed by atoms with Crippen molar-refractivity contribution in [1.29, 1.82) is 0 Å². The van der Waals surface area contributed by atoms with E-state index in [4.69, 9.17) is 9.26 Å². The number of methoxy groups -OCH3 is 1. The highest BCUT2D eigenvalue weighted by atomic mass is 16.5. The Morgan fingerprint density at radius 3 is 3.20 bits per heavy atom. The molecule has 106 valence electrons. The molecule has 3 rings (SSSR count). The fourth-order valence-corrected chi connectivity index (χ4v) is 2.34. The normalized spacial score (nSPS) is 18.4. The highest BCUT2D eigenvalue weighted by molar-refractivity contribution is 5.88. The number of esters is 1. The molecular weight excluding hydrogens is 264 g/mol. The molecule has 2 aromatic rings. The van der Waals surface area contributed by atoms with Gasteiger partial charge in [-0.25, -0.2) is 9.48 Å². The summed E-state index contributed by atoms with van der Waals surface area (Å²) in [5, 5.41) is 14.8. The molecule has 0 aromatic carbocycles. The Kier molecular flexibility index (Phi) is 3.42. The number of nitrogens with zero attached hydrogens (tertiary/aromatic N) is 5. The SMILES string of the molecule is COC(=O)c1nnn(Cc2ncno2)c1C1CCCN1. The van der Waals surface area contributed by atoms with Crippen LogP contribution in [0.4, 0.5) is 0 Å². The van der Waals surface area contributed by atoms with Crippen molar-refractivity contribution in [3.05, 3.63) is 23.6 Å². The number of nitrogens with one attached hydrogen (secondary N) is 1. The van der Waals surface area contributed by atoms with Crippen LogP contribution in [0.3, 0.4) is 0 Å². The summed E-state index contributed by atoms with van der Waals surface area (Å²) in [4.78, 5) is 15.7. The first-order valence-corrected chi connectivity index (χ1v) is 6.30. The highest BCUT2D eigenvalue weighted by Crippen LogP contribution is 2.25. The van der Waals surface area contributed by atoms with Crippen molar-refractivity contribution in [1.82, 2.24) is 30.5 Å². The molecule has 1 aliphatic heterocycles. The molecule has 1 unspecified atom stereocenters. The summed E-state index contributed by atoms with van der Waals surface area (Å²) in [6.07, 6.45) is 3.28. The average Bonchev–Trinajstić information content (AvgIpc) is 3.19. The molecule has 1 N–H and O–H groups in total. The molecule has 0 amide bonds. The molecular formula is C11H14N6O3. The van der Waals surface area contributed by atoms with Crippen molar-refractivity contribution in [3.8, 4) is 0 Å². The van der Waals surface area contributed by atoms with E-state index in [9.17, 15) is 4.79 Å². The number of hydrogen-bond acceptors (Lipinski definition) is 8. The van der Waals surface area contributed by atoms with Crippen LogP contribution >= 0.6 is 0 Å². The maximum Gasteiger partial charge on any atom is 0.360 e. The second-order valence-electron chi connectivity index (χ2n) is 4.46. The lowest BCUT2D eigenvalue weighted by molar-refractivity contribution is 0.0591. The summed E-state index contributed by atoms with van der Waals surface area (Å²) in [5.41, 5.74) is 0.930. The molecule has 0 bridgehead atoms. The van der Waals surface area contributed by atoms with Crippen LogP contribution in [-0.4, -0.2) is 44.8 Å². The molecule has 0 spiro atoms. The van der Waals surface area contributed by atoms with Gasteiger partial charge in [-0.3, -0.25) is 0 Å². The Morgan fingerprint density at radius 1 is 1.65 bits per heavy atom. The van der Waals surface area contributed by atoms with Gasteiger partial charge in [0.05, 0.1) is 18.8 Å². The van der Waals surface area contributed by atoms with Crippen LogP contribution in [0.2, 0.25) is 0 Å². The van der Waals surface area contributed by atoms with Crippen LogP contribution in [0.25, 0.3) is 0 Å². The topological polar surface area (TPSA) is 108 Å². The maximum atomic E-state index is 11.8. The zero-order valence-corrected chi connectivity index (χ0v) is 10.9. The zero-order valence-electron chi connectivity index (χ0n) is 10.9. The van der Waals surface area contributed by atoms with E-state index in [1.807, 2.05) is 0 Å². The van der Waals surface area contributed by atoms with Gasteiger partial charge in [-0.05, 0) is 19.4 Å². The molecule has 1 atom stereocenters. The third-order valence-electron chi connectivity index (χ3n) is 3.23. The second kappa shape index (κ2) is 5.37. The van der Waals surface area contributed by atoms with Crippen LogP contribution in [0.15, 0.2) is 10.9 Å². The minimum atomic E-state index is -0.495. The van der Waals surface area contributed by atoms with Gasteiger partial charge in [0.2, 0.25) is 5.89 Å². The van der Waals surface area contributed by atoms with Crippen LogP contribution in [-0.2, 0) is 11.3 Å². The van der Waals surface area contributed by atoms with Crippen molar-refractivity contribution in [3.63, 3.8) is 0 Å². The van der Waals surface area contributed by atoms with Crippen molar-refractivity contribution in [2.24, 2.45) is 0 Å².